The second-order valence-electron chi connectivity index (χ2n) is 13.4. The fourth-order valence-corrected chi connectivity index (χ4v) is 6.42. The Hall–Kier alpha value is -1.07. The van der Waals surface area contributed by atoms with Crippen LogP contribution in [-0.2, 0) is 14.3 Å². The molecule has 2 heterocycles. The smallest absolute Gasteiger partial charge is 0.334 e. The third-order valence-corrected chi connectivity index (χ3v) is 9.34. The van der Waals surface area contributed by atoms with Crippen LogP contribution in [0.2, 0.25) is 0 Å². The summed E-state index contributed by atoms with van der Waals surface area (Å²) in [7, 11) is 0. The van der Waals surface area contributed by atoms with Crippen molar-refractivity contribution in [1.29, 1.82) is 0 Å². The van der Waals surface area contributed by atoms with Crippen LogP contribution in [0.1, 0.15) is 149 Å². The van der Waals surface area contributed by atoms with Gasteiger partial charge in [0.25, 0.3) is 0 Å². The molecule has 2 aliphatic rings. The summed E-state index contributed by atoms with van der Waals surface area (Å²) in [5.74, 6) is -0.410. The first-order valence-electron chi connectivity index (χ1n) is 17.8. The zero-order chi connectivity index (χ0) is 32.3. The van der Waals surface area contributed by atoms with Crippen molar-refractivity contribution in [3.8, 4) is 0 Å². The molecule has 0 bridgehead atoms. The topological polar surface area (TPSA) is 157 Å². The quantitative estimate of drug-likeness (QED) is 0.0573. The zero-order valence-electron chi connectivity index (χ0n) is 27.5. The summed E-state index contributed by atoms with van der Waals surface area (Å²) in [5.41, 5.74) is 0.452. The number of ether oxygens (including phenoxy) is 2. The number of unbranched alkanes of at least 4 members (excludes halogenated alkanes) is 9. The highest BCUT2D eigenvalue weighted by Gasteiger charge is 2.31. The van der Waals surface area contributed by atoms with Crippen molar-refractivity contribution in [2.45, 2.75) is 204 Å². The Morgan fingerprint density at radius 3 is 1.84 bits per heavy atom. The minimum Gasteiger partial charge on any atom is -0.455 e. The normalized spacial score (nSPS) is 24.5. The highest BCUT2D eigenvalue weighted by atomic mass is 16.5. The Balaban J connectivity index is 1.50. The third-order valence-electron chi connectivity index (χ3n) is 9.34. The van der Waals surface area contributed by atoms with E-state index in [1.807, 2.05) is 0 Å². The van der Waals surface area contributed by atoms with Gasteiger partial charge in [0.05, 0.1) is 48.8 Å². The van der Waals surface area contributed by atoms with Crippen LogP contribution < -0.4 is 0 Å². The van der Waals surface area contributed by atoms with Crippen LogP contribution in [0, 0.1) is 0 Å². The molecule has 0 spiro atoms. The van der Waals surface area contributed by atoms with Crippen LogP contribution in [0.15, 0.2) is 11.6 Å². The highest BCUT2D eigenvalue weighted by molar-refractivity contribution is 5.90. The van der Waals surface area contributed by atoms with Crippen LogP contribution >= 0.6 is 0 Å². The van der Waals surface area contributed by atoms with Crippen LogP contribution in [-0.4, -0.2) is 91.5 Å². The van der Waals surface area contributed by atoms with E-state index in [1.54, 1.807) is 13.0 Å². The Kier molecular flexibility index (Phi) is 20.0. The van der Waals surface area contributed by atoms with E-state index in [0.29, 0.717) is 44.1 Å². The van der Waals surface area contributed by atoms with Crippen molar-refractivity contribution in [3.05, 3.63) is 11.6 Å². The Bertz CT molecular complexity index is 790. The van der Waals surface area contributed by atoms with Crippen molar-refractivity contribution >= 4 is 5.97 Å². The minimum absolute atomic E-state index is 0.0190. The van der Waals surface area contributed by atoms with Gasteiger partial charge in [-0.1, -0.05) is 71.1 Å². The van der Waals surface area contributed by atoms with Gasteiger partial charge in [0.15, 0.2) is 0 Å². The van der Waals surface area contributed by atoms with Crippen molar-refractivity contribution in [2.75, 3.05) is 0 Å². The van der Waals surface area contributed by atoms with Gasteiger partial charge in [0.2, 0.25) is 0 Å². The van der Waals surface area contributed by atoms with Gasteiger partial charge in [-0.3, -0.25) is 0 Å². The van der Waals surface area contributed by atoms with E-state index in [0.717, 1.165) is 25.7 Å². The molecule has 0 aliphatic carbocycles. The molecule has 0 saturated carbocycles. The molecule has 0 radical (unpaired) electrons. The van der Waals surface area contributed by atoms with Gasteiger partial charge in [-0.15, -0.1) is 0 Å². The summed E-state index contributed by atoms with van der Waals surface area (Å²) in [6, 6.07) is 0. The van der Waals surface area contributed by atoms with E-state index in [9.17, 15) is 35.4 Å². The molecule has 44 heavy (non-hydrogen) atoms. The van der Waals surface area contributed by atoms with Gasteiger partial charge in [0, 0.05) is 12.0 Å². The summed E-state index contributed by atoms with van der Waals surface area (Å²) >= 11 is 0. The number of carbonyl (C=O) groups is 1. The van der Waals surface area contributed by atoms with Crippen molar-refractivity contribution in [2.24, 2.45) is 0 Å². The van der Waals surface area contributed by atoms with Gasteiger partial charge in [-0.25, -0.2) is 4.79 Å². The number of hydrogen-bond acceptors (Lipinski definition) is 9. The van der Waals surface area contributed by atoms with Crippen LogP contribution in [0.3, 0.4) is 0 Å². The fraction of sp³-hybridized carbons (Fsp3) is 0.914. The van der Waals surface area contributed by atoms with Crippen LogP contribution in [0.4, 0.5) is 0 Å². The average Bonchev–Trinajstić information content (AvgIpc) is 3.60. The van der Waals surface area contributed by atoms with Gasteiger partial charge in [-0.05, 0) is 77.2 Å². The summed E-state index contributed by atoms with van der Waals surface area (Å²) < 4.78 is 11.1. The van der Waals surface area contributed by atoms with Crippen molar-refractivity contribution in [1.82, 2.24) is 0 Å². The van der Waals surface area contributed by atoms with E-state index >= 15 is 0 Å². The number of aliphatic hydroxyl groups excluding tert-OH is 6. The summed E-state index contributed by atoms with van der Waals surface area (Å²) in [6.45, 7) is 3.99. The van der Waals surface area contributed by atoms with E-state index in [-0.39, 0.29) is 37.6 Å². The molecule has 0 amide bonds. The molecule has 1 fully saturated rings. The number of rotatable bonds is 26. The molecule has 6 N–H and O–H groups in total. The predicted molar refractivity (Wildman–Crippen MR) is 171 cm³/mol. The Morgan fingerprint density at radius 1 is 0.705 bits per heavy atom. The molecule has 258 valence electrons. The zero-order valence-corrected chi connectivity index (χ0v) is 27.5. The number of aliphatic hydroxyl groups is 6. The first-order valence-corrected chi connectivity index (χ1v) is 17.8. The molecule has 0 unspecified atom stereocenters. The van der Waals surface area contributed by atoms with Gasteiger partial charge < -0.3 is 40.1 Å². The molecule has 9 heteroatoms. The number of hydrogen-bond donors (Lipinski definition) is 6. The summed E-state index contributed by atoms with van der Waals surface area (Å²) in [6.07, 6.45) is 13.8. The largest absolute Gasteiger partial charge is 0.455 e. The lowest BCUT2D eigenvalue weighted by atomic mass is 9.97. The van der Waals surface area contributed by atoms with E-state index in [2.05, 4.69) is 6.92 Å². The molecule has 9 atom stereocenters. The molecule has 0 aromatic carbocycles. The van der Waals surface area contributed by atoms with E-state index in [4.69, 9.17) is 9.47 Å². The van der Waals surface area contributed by atoms with Crippen LogP contribution in [0.25, 0.3) is 0 Å². The minimum atomic E-state index is -0.959. The number of carbonyl (C=O) groups excluding carboxylic acids is 1. The summed E-state index contributed by atoms with van der Waals surface area (Å²) in [5, 5.41) is 62.3. The summed E-state index contributed by atoms with van der Waals surface area (Å²) in [4.78, 5) is 11.7. The van der Waals surface area contributed by atoms with Gasteiger partial charge >= 0.3 is 5.97 Å². The van der Waals surface area contributed by atoms with Gasteiger partial charge in [-0.2, -0.15) is 0 Å². The lowest BCUT2D eigenvalue weighted by Crippen LogP contribution is -2.31. The second kappa shape index (κ2) is 22.5. The van der Waals surface area contributed by atoms with Crippen LogP contribution in [0.5, 0.6) is 0 Å². The monoisotopic (exact) mass is 628 g/mol. The first kappa shape index (κ1) is 39.1. The standard InChI is InChI=1S/C35H64O9/c1-3-4-5-6-7-8-9-10-11-12-15-29(37)32(40)20-21-33(41)34-22-18-28(44-34)14-13-16-30(38)31(39)19-17-27(36)24-26-23-25(2)43-35(26)42/h23,25,27-34,36-41H,3-22,24H2,1-2H3/t25-,27+,28+,29-,30-,31-,32-,33-,34-/m0/s1. The highest BCUT2D eigenvalue weighted by Crippen LogP contribution is 2.28. The molecule has 2 aliphatic heterocycles. The lowest BCUT2D eigenvalue weighted by Gasteiger charge is -2.23. The molecule has 1 saturated heterocycles. The maximum Gasteiger partial charge on any atom is 0.334 e. The molecule has 0 aromatic rings. The Morgan fingerprint density at radius 2 is 1.25 bits per heavy atom. The van der Waals surface area contributed by atoms with Crippen molar-refractivity contribution in [3.63, 3.8) is 0 Å². The van der Waals surface area contributed by atoms with E-state index < -0.39 is 42.6 Å². The lowest BCUT2D eigenvalue weighted by molar-refractivity contribution is -0.139. The number of esters is 1. The molecular weight excluding hydrogens is 564 g/mol. The molecule has 9 nitrogen and oxygen atoms in total. The first-order chi connectivity index (χ1) is 21.1. The molecule has 0 aromatic heterocycles. The number of cyclic esters (lactones) is 1. The second-order valence-corrected chi connectivity index (χ2v) is 13.4. The SMILES string of the molecule is CCCCCCCCCCCC[C@H](O)[C@@H](O)CC[C@H](O)[C@@H]1CC[C@@H](CCC[C@H](O)[C@@H](O)CC[C@@H](O)CC2=C[C@H](C)OC2=O)O1. The Labute approximate surface area is 266 Å². The predicted octanol–water partition coefficient (Wildman–Crippen LogP) is 5.00. The van der Waals surface area contributed by atoms with Crippen molar-refractivity contribution < 1.29 is 44.9 Å². The fourth-order valence-electron chi connectivity index (χ4n) is 6.42. The molecular formula is C35H64O9. The van der Waals surface area contributed by atoms with E-state index in [1.165, 1.54) is 51.4 Å². The maximum absolute atomic E-state index is 11.7. The van der Waals surface area contributed by atoms with Gasteiger partial charge in [0.1, 0.15) is 6.10 Å². The average molecular weight is 629 g/mol. The molecule has 2 rings (SSSR count). The maximum atomic E-state index is 11.7. The third kappa shape index (κ3) is 16.0.